The molecular weight excluding hydrogens is 270 g/mol. The average molecular weight is 291 g/mol. The van der Waals surface area contributed by atoms with Crippen molar-refractivity contribution in [2.45, 2.75) is 38.5 Å². The number of benzene rings is 1. The van der Waals surface area contributed by atoms with Gasteiger partial charge in [-0.3, -0.25) is 9.59 Å². The first-order chi connectivity index (χ1) is 10.2. The second-order valence-corrected chi connectivity index (χ2v) is 5.20. The Hall–Kier alpha value is -2.04. The van der Waals surface area contributed by atoms with Gasteiger partial charge in [-0.15, -0.1) is 0 Å². The lowest BCUT2D eigenvalue weighted by Gasteiger charge is -2.16. The summed E-state index contributed by atoms with van der Waals surface area (Å²) in [4.78, 5) is 23.9. The Morgan fingerprint density at radius 1 is 1.29 bits per heavy atom. The third kappa shape index (κ3) is 4.77. The van der Waals surface area contributed by atoms with Crippen LogP contribution >= 0.6 is 0 Å². The molecule has 0 aliphatic carbocycles. The minimum atomic E-state index is -0.751. The van der Waals surface area contributed by atoms with Gasteiger partial charge in [0, 0.05) is 31.1 Å². The van der Waals surface area contributed by atoms with Gasteiger partial charge in [-0.1, -0.05) is 6.07 Å². The molecule has 5 nitrogen and oxygen atoms in total. The van der Waals surface area contributed by atoms with Crippen molar-refractivity contribution in [2.24, 2.45) is 0 Å². The lowest BCUT2D eigenvalue weighted by atomic mass is 10.2. The first-order valence-electron chi connectivity index (χ1n) is 7.42. The second kappa shape index (κ2) is 7.67. The van der Waals surface area contributed by atoms with Crippen LogP contribution in [-0.4, -0.2) is 30.1 Å². The van der Waals surface area contributed by atoms with E-state index in [1.807, 2.05) is 24.3 Å². The quantitative estimate of drug-likeness (QED) is 0.748. The van der Waals surface area contributed by atoms with Gasteiger partial charge in [0.1, 0.15) is 5.75 Å². The Labute approximate surface area is 124 Å². The lowest BCUT2D eigenvalue weighted by Crippen LogP contribution is -2.23. The van der Waals surface area contributed by atoms with Crippen LogP contribution in [0.15, 0.2) is 24.3 Å². The first-order valence-corrected chi connectivity index (χ1v) is 7.42. The van der Waals surface area contributed by atoms with Crippen molar-refractivity contribution in [2.75, 3.05) is 18.1 Å². The number of hydrogen-bond donors (Lipinski definition) is 1. The van der Waals surface area contributed by atoms with Gasteiger partial charge in [0.25, 0.3) is 0 Å². The van der Waals surface area contributed by atoms with E-state index in [4.69, 9.17) is 9.84 Å². The molecule has 1 saturated heterocycles. The summed E-state index contributed by atoms with van der Waals surface area (Å²) in [5.74, 6) is 0.171. The summed E-state index contributed by atoms with van der Waals surface area (Å²) in [6, 6.07) is 7.57. The molecule has 21 heavy (non-hydrogen) atoms. The zero-order valence-electron chi connectivity index (χ0n) is 12.1. The largest absolute Gasteiger partial charge is 0.494 e. The van der Waals surface area contributed by atoms with E-state index in [1.54, 1.807) is 4.90 Å². The molecule has 0 unspecified atom stereocenters. The van der Waals surface area contributed by atoms with E-state index in [1.165, 1.54) is 0 Å². The molecule has 1 fully saturated rings. The third-order valence-electron chi connectivity index (χ3n) is 3.51. The van der Waals surface area contributed by atoms with Gasteiger partial charge in [-0.05, 0) is 37.8 Å². The van der Waals surface area contributed by atoms with Crippen LogP contribution in [0.4, 0.5) is 5.69 Å². The smallest absolute Gasteiger partial charge is 0.303 e. The van der Waals surface area contributed by atoms with E-state index in [2.05, 4.69) is 0 Å². The molecule has 1 aliphatic heterocycles. The summed E-state index contributed by atoms with van der Waals surface area (Å²) in [6.45, 7) is 1.34. The minimum Gasteiger partial charge on any atom is -0.494 e. The maximum Gasteiger partial charge on any atom is 0.303 e. The number of carbonyl (C=O) groups is 2. The van der Waals surface area contributed by atoms with Crippen molar-refractivity contribution in [3.63, 3.8) is 0 Å². The highest BCUT2D eigenvalue weighted by Gasteiger charge is 2.21. The van der Waals surface area contributed by atoms with Crippen LogP contribution in [0, 0.1) is 0 Å². The molecule has 0 radical (unpaired) electrons. The van der Waals surface area contributed by atoms with E-state index >= 15 is 0 Å². The van der Waals surface area contributed by atoms with Crippen LogP contribution in [0.3, 0.4) is 0 Å². The molecule has 1 aromatic rings. The van der Waals surface area contributed by atoms with Crippen molar-refractivity contribution in [3.05, 3.63) is 24.3 Å². The number of anilines is 1. The number of carboxylic acid groups (broad SMARTS) is 1. The maximum atomic E-state index is 11.7. The Morgan fingerprint density at radius 2 is 2.14 bits per heavy atom. The normalized spacial score (nSPS) is 14.5. The van der Waals surface area contributed by atoms with Gasteiger partial charge >= 0.3 is 5.97 Å². The van der Waals surface area contributed by atoms with Gasteiger partial charge in [-0.2, -0.15) is 0 Å². The van der Waals surface area contributed by atoms with Gasteiger partial charge in [-0.25, -0.2) is 0 Å². The van der Waals surface area contributed by atoms with Crippen LogP contribution in [0.5, 0.6) is 5.75 Å². The van der Waals surface area contributed by atoms with Gasteiger partial charge in [0.2, 0.25) is 5.91 Å². The zero-order chi connectivity index (χ0) is 15.1. The number of hydrogen-bond acceptors (Lipinski definition) is 3. The Kier molecular flexibility index (Phi) is 5.60. The highest BCUT2D eigenvalue weighted by Crippen LogP contribution is 2.25. The van der Waals surface area contributed by atoms with Gasteiger partial charge in [0.05, 0.1) is 6.61 Å². The molecule has 1 aromatic carbocycles. The van der Waals surface area contributed by atoms with E-state index in [0.29, 0.717) is 19.4 Å². The fraction of sp³-hybridized carbons (Fsp3) is 0.500. The van der Waals surface area contributed by atoms with Crippen LogP contribution in [0.25, 0.3) is 0 Å². The van der Waals surface area contributed by atoms with Crippen molar-refractivity contribution < 1.29 is 19.4 Å². The number of rotatable bonds is 8. The molecular formula is C16H21NO4. The van der Waals surface area contributed by atoms with E-state index in [-0.39, 0.29) is 12.3 Å². The zero-order valence-corrected chi connectivity index (χ0v) is 12.1. The highest BCUT2D eigenvalue weighted by molar-refractivity contribution is 5.95. The molecule has 0 saturated carbocycles. The van der Waals surface area contributed by atoms with Crippen LogP contribution in [0.2, 0.25) is 0 Å². The third-order valence-corrected chi connectivity index (χ3v) is 3.51. The van der Waals surface area contributed by atoms with Crippen molar-refractivity contribution in [1.82, 2.24) is 0 Å². The number of carboxylic acids is 1. The Morgan fingerprint density at radius 3 is 2.86 bits per heavy atom. The predicted molar refractivity (Wildman–Crippen MR) is 79.6 cm³/mol. The number of ether oxygens (including phenoxy) is 1. The number of unbranched alkanes of at least 4 members (excludes halogenated alkanes) is 2. The van der Waals surface area contributed by atoms with E-state index < -0.39 is 5.97 Å². The van der Waals surface area contributed by atoms with E-state index in [0.717, 1.165) is 37.2 Å². The van der Waals surface area contributed by atoms with Crippen LogP contribution in [-0.2, 0) is 9.59 Å². The topological polar surface area (TPSA) is 66.8 Å². The van der Waals surface area contributed by atoms with Crippen LogP contribution < -0.4 is 9.64 Å². The summed E-state index contributed by atoms with van der Waals surface area (Å²) in [7, 11) is 0. The summed E-state index contributed by atoms with van der Waals surface area (Å²) in [6.07, 6.45) is 4.10. The van der Waals surface area contributed by atoms with Gasteiger partial charge in [0.15, 0.2) is 0 Å². The summed E-state index contributed by atoms with van der Waals surface area (Å²) in [5, 5.41) is 8.54. The Bertz CT molecular complexity index is 501. The summed E-state index contributed by atoms with van der Waals surface area (Å²) >= 11 is 0. The molecule has 0 atom stereocenters. The summed E-state index contributed by atoms with van der Waals surface area (Å²) < 4.78 is 5.66. The molecule has 5 heteroatoms. The predicted octanol–water partition coefficient (Wildman–Crippen LogP) is 2.84. The molecule has 114 valence electrons. The fourth-order valence-electron chi connectivity index (χ4n) is 2.41. The molecule has 1 heterocycles. The summed E-state index contributed by atoms with van der Waals surface area (Å²) in [5.41, 5.74) is 0.890. The first kappa shape index (κ1) is 15.4. The Balaban J connectivity index is 1.76. The molecule has 2 rings (SSSR count). The van der Waals surface area contributed by atoms with E-state index in [9.17, 15) is 9.59 Å². The highest BCUT2D eigenvalue weighted by atomic mass is 16.5. The van der Waals surface area contributed by atoms with Crippen molar-refractivity contribution >= 4 is 17.6 Å². The fourth-order valence-corrected chi connectivity index (χ4v) is 2.41. The number of carbonyl (C=O) groups excluding carboxylic acids is 1. The second-order valence-electron chi connectivity index (χ2n) is 5.20. The van der Waals surface area contributed by atoms with Crippen molar-refractivity contribution in [3.8, 4) is 5.75 Å². The molecule has 0 bridgehead atoms. The molecule has 1 N–H and O–H groups in total. The molecule has 0 aromatic heterocycles. The SMILES string of the molecule is O=C(O)CCCCCOc1cccc(N2CCCC2=O)c1. The number of aliphatic carboxylic acids is 1. The van der Waals surface area contributed by atoms with Gasteiger partial charge < -0.3 is 14.7 Å². The standard InChI is InChI=1S/C16H21NO4/c18-15-8-5-10-17(15)13-6-4-7-14(12-13)21-11-3-1-2-9-16(19)20/h4,6-7,12H,1-3,5,8-11H2,(H,19,20). The maximum absolute atomic E-state index is 11.7. The average Bonchev–Trinajstić information content (AvgIpc) is 2.89. The minimum absolute atomic E-state index is 0.167. The monoisotopic (exact) mass is 291 g/mol. The molecule has 0 spiro atoms. The number of amides is 1. The molecule has 1 aliphatic rings. The lowest BCUT2D eigenvalue weighted by molar-refractivity contribution is -0.137. The molecule has 1 amide bonds. The number of nitrogens with zero attached hydrogens (tertiary/aromatic N) is 1. The van der Waals surface area contributed by atoms with Crippen LogP contribution in [0.1, 0.15) is 38.5 Å². The van der Waals surface area contributed by atoms with Crippen molar-refractivity contribution in [1.29, 1.82) is 0 Å².